The summed E-state index contributed by atoms with van der Waals surface area (Å²) < 4.78 is 32.7. The van der Waals surface area contributed by atoms with Crippen molar-refractivity contribution in [1.82, 2.24) is 10.2 Å². The van der Waals surface area contributed by atoms with Gasteiger partial charge in [0.15, 0.2) is 0 Å². The zero-order chi connectivity index (χ0) is 30.1. The largest absolute Gasteiger partial charge is 0.457 e. The summed E-state index contributed by atoms with van der Waals surface area (Å²) in [6.07, 6.45) is 1.28. The Morgan fingerprint density at radius 2 is 1.38 bits per heavy atom. The fourth-order valence-electron chi connectivity index (χ4n) is 4.43. The van der Waals surface area contributed by atoms with Gasteiger partial charge in [-0.2, -0.15) is 0 Å². The SMILES string of the molecule is CNC(=O)C(Cc1ccccc1)N(Cc1ccc(Cl)cc1)C(=O)CN(c1ccc(Oc2ccccc2)cc1)S(C)(=O)=O. The minimum absolute atomic E-state index is 0.0718. The summed E-state index contributed by atoms with van der Waals surface area (Å²) in [4.78, 5) is 28.6. The normalized spacial score (nSPS) is 11.8. The van der Waals surface area contributed by atoms with Crippen LogP contribution in [-0.4, -0.2) is 51.0 Å². The Kier molecular flexibility index (Phi) is 10.2. The summed E-state index contributed by atoms with van der Waals surface area (Å²) in [5.41, 5.74) is 1.88. The molecule has 0 spiro atoms. The van der Waals surface area contributed by atoms with Gasteiger partial charge >= 0.3 is 0 Å². The molecule has 1 atom stereocenters. The van der Waals surface area contributed by atoms with Crippen LogP contribution in [-0.2, 0) is 32.6 Å². The first-order valence-corrected chi connectivity index (χ1v) is 15.5. The molecule has 0 radical (unpaired) electrons. The lowest BCUT2D eigenvalue weighted by molar-refractivity contribution is -0.139. The van der Waals surface area contributed by atoms with Gasteiger partial charge in [-0.1, -0.05) is 72.3 Å². The van der Waals surface area contributed by atoms with E-state index in [4.69, 9.17) is 16.3 Å². The molecule has 0 fully saturated rings. The molecule has 0 aliphatic heterocycles. The zero-order valence-electron chi connectivity index (χ0n) is 23.3. The first kappa shape index (κ1) is 30.6. The molecule has 10 heteroatoms. The average Bonchev–Trinajstić information content (AvgIpc) is 2.99. The summed E-state index contributed by atoms with van der Waals surface area (Å²) in [5, 5.41) is 3.19. The Bertz CT molecular complexity index is 1580. The Hall–Kier alpha value is -4.34. The lowest BCUT2D eigenvalue weighted by Crippen LogP contribution is -2.52. The third kappa shape index (κ3) is 8.34. The van der Waals surface area contributed by atoms with Crippen LogP contribution in [0.25, 0.3) is 0 Å². The molecule has 4 aromatic carbocycles. The van der Waals surface area contributed by atoms with Gasteiger partial charge in [-0.25, -0.2) is 8.42 Å². The maximum Gasteiger partial charge on any atom is 0.244 e. The number of halogens is 1. The van der Waals surface area contributed by atoms with E-state index in [0.717, 1.165) is 21.7 Å². The second-order valence-electron chi connectivity index (χ2n) is 9.65. The fourth-order valence-corrected chi connectivity index (χ4v) is 5.40. The topological polar surface area (TPSA) is 96.0 Å². The third-order valence-corrected chi connectivity index (χ3v) is 7.96. The molecule has 0 saturated heterocycles. The number of hydrogen-bond acceptors (Lipinski definition) is 5. The van der Waals surface area contributed by atoms with Crippen LogP contribution in [0, 0.1) is 0 Å². The van der Waals surface area contributed by atoms with Gasteiger partial charge in [0.25, 0.3) is 0 Å². The van der Waals surface area contributed by atoms with E-state index >= 15 is 0 Å². The van der Waals surface area contributed by atoms with Gasteiger partial charge < -0.3 is 15.0 Å². The third-order valence-electron chi connectivity index (χ3n) is 6.57. The number of para-hydroxylation sites is 1. The Morgan fingerprint density at radius 3 is 1.95 bits per heavy atom. The zero-order valence-corrected chi connectivity index (χ0v) is 24.9. The number of likely N-dealkylation sites (N-methyl/N-ethyl adjacent to an activating group) is 1. The van der Waals surface area contributed by atoms with Gasteiger partial charge in [0.1, 0.15) is 24.1 Å². The number of ether oxygens (including phenoxy) is 1. The summed E-state index contributed by atoms with van der Waals surface area (Å²) in [5.74, 6) is 0.243. The summed E-state index contributed by atoms with van der Waals surface area (Å²) in [6.45, 7) is -0.435. The molecule has 8 nitrogen and oxygen atoms in total. The summed E-state index contributed by atoms with van der Waals surface area (Å²) in [6, 6.07) is 31.0. The van der Waals surface area contributed by atoms with Crippen LogP contribution in [0.3, 0.4) is 0 Å². The van der Waals surface area contributed by atoms with Crippen molar-refractivity contribution in [3.63, 3.8) is 0 Å². The van der Waals surface area contributed by atoms with E-state index < -0.39 is 28.5 Å². The van der Waals surface area contributed by atoms with Crippen LogP contribution in [0.1, 0.15) is 11.1 Å². The lowest BCUT2D eigenvalue weighted by Gasteiger charge is -2.33. The second-order valence-corrected chi connectivity index (χ2v) is 12.0. The summed E-state index contributed by atoms with van der Waals surface area (Å²) in [7, 11) is -2.37. The number of anilines is 1. The molecule has 218 valence electrons. The smallest absolute Gasteiger partial charge is 0.244 e. The van der Waals surface area contributed by atoms with Gasteiger partial charge in [-0.05, 0) is 59.7 Å². The first-order valence-electron chi connectivity index (χ1n) is 13.2. The lowest BCUT2D eigenvalue weighted by atomic mass is 10.0. The molecule has 42 heavy (non-hydrogen) atoms. The molecule has 0 aliphatic rings. The van der Waals surface area contributed by atoms with Crippen molar-refractivity contribution < 1.29 is 22.7 Å². The molecular weight excluding hydrogens is 574 g/mol. The van der Waals surface area contributed by atoms with Gasteiger partial charge in [0.2, 0.25) is 21.8 Å². The number of hydrogen-bond donors (Lipinski definition) is 1. The maximum atomic E-state index is 14.0. The monoisotopic (exact) mass is 605 g/mol. The highest BCUT2D eigenvalue weighted by atomic mass is 35.5. The van der Waals surface area contributed by atoms with E-state index in [-0.39, 0.29) is 24.6 Å². The number of amides is 2. The molecule has 0 aliphatic carbocycles. The molecule has 1 N–H and O–H groups in total. The van der Waals surface area contributed by atoms with E-state index in [1.165, 1.54) is 11.9 Å². The van der Waals surface area contributed by atoms with Crippen molar-refractivity contribution in [3.8, 4) is 11.5 Å². The van der Waals surface area contributed by atoms with Crippen molar-refractivity contribution in [2.45, 2.75) is 19.0 Å². The van der Waals surface area contributed by atoms with Crippen molar-refractivity contribution >= 4 is 39.1 Å². The van der Waals surface area contributed by atoms with Crippen LogP contribution >= 0.6 is 11.6 Å². The Labute approximate surface area is 251 Å². The predicted octanol–water partition coefficient (Wildman–Crippen LogP) is 5.28. The van der Waals surface area contributed by atoms with E-state index in [2.05, 4.69) is 5.32 Å². The molecule has 0 aromatic heterocycles. The van der Waals surface area contributed by atoms with Crippen LogP contribution in [0.4, 0.5) is 5.69 Å². The molecular formula is C32H32ClN3O5S. The fraction of sp³-hybridized carbons (Fsp3) is 0.188. The van der Waals surface area contributed by atoms with E-state index in [0.29, 0.717) is 16.5 Å². The van der Waals surface area contributed by atoms with Crippen molar-refractivity contribution in [1.29, 1.82) is 0 Å². The van der Waals surface area contributed by atoms with Crippen LogP contribution in [0.5, 0.6) is 11.5 Å². The van der Waals surface area contributed by atoms with Crippen molar-refractivity contribution in [2.75, 3.05) is 24.2 Å². The van der Waals surface area contributed by atoms with E-state index in [9.17, 15) is 18.0 Å². The molecule has 4 rings (SSSR count). The van der Waals surface area contributed by atoms with Crippen LogP contribution in [0.15, 0.2) is 109 Å². The Morgan fingerprint density at radius 1 is 0.810 bits per heavy atom. The number of sulfonamides is 1. The van der Waals surface area contributed by atoms with Gasteiger partial charge in [-0.3, -0.25) is 13.9 Å². The van der Waals surface area contributed by atoms with Crippen molar-refractivity contribution in [3.05, 3.63) is 125 Å². The van der Waals surface area contributed by atoms with E-state index in [1.807, 2.05) is 60.7 Å². The predicted molar refractivity (Wildman–Crippen MR) is 165 cm³/mol. The van der Waals surface area contributed by atoms with Gasteiger partial charge in [-0.15, -0.1) is 0 Å². The standard InChI is InChI=1S/C32H32ClN3O5S/c1-34-32(38)30(21-24-9-5-3-6-10-24)35(22-25-13-15-26(33)16-14-25)31(37)23-36(42(2,39)40)27-17-19-29(20-18-27)41-28-11-7-4-8-12-28/h3-20,30H,21-23H2,1-2H3,(H,34,38). The molecule has 1 unspecified atom stereocenters. The highest BCUT2D eigenvalue weighted by molar-refractivity contribution is 7.92. The quantitative estimate of drug-likeness (QED) is 0.237. The highest BCUT2D eigenvalue weighted by Crippen LogP contribution is 2.26. The molecule has 0 saturated carbocycles. The minimum atomic E-state index is -3.88. The number of rotatable bonds is 12. The van der Waals surface area contributed by atoms with Gasteiger partial charge in [0.05, 0.1) is 11.9 Å². The highest BCUT2D eigenvalue weighted by Gasteiger charge is 2.32. The average molecular weight is 606 g/mol. The first-order chi connectivity index (χ1) is 20.1. The molecule has 2 amide bonds. The summed E-state index contributed by atoms with van der Waals surface area (Å²) >= 11 is 6.07. The van der Waals surface area contributed by atoms with Gasteiger partial charge in [0, 0.05) is 25.0 Å². The molecule has 0 bridgehead atoms. The molecule has 4 aromatic rings. The second kappa shape index (κ2) is 14.0. The molecule has 0 heterocycles. The maximum absolute atomic E-state index is 14.0. The van der Waals surface area contributed by atoms with Crippen LogP contribution < -0.4 is 14.4 Å². The number of carbonyl (C=O) groups excluding carboxylic acids is 2. The minimum Gasteiger partial charge on any atom is -0.457 e. The number of nitrogens with zero attached hydrogens (tertiary/aromatic N) is 2. The van der Waals surface area contributed by atoms with Crippen LogP contribution in [0.2, 0.25) is 5.02 Å². The van der Waals surface area contributed by atoms with E-state index in [1.54, 1.807) is 48.5 Å². The number of nitrogens with one attached hydrogen (secondary N) is 1. The number of benzene rings is 4. The van der Waals surface area contributed by atoms with Crippen molar-refractivity contribution in [2.24, 2.45) is 0 Å². The Balaban J connectivity index is 1.64. The number of carbonyl (C=O) groups is 2.